The first-order valence-electron chi connectivity index (χ1n) is 12.2. The fourth-order valence-electron chi connectivity index (χ4n) is 4.32. The molecule has 4 aromatic rings. The lowest BCUT2D eigenvalue weighted by Crippen LogP contribution is -2.45. The predicted octanol–water partition coefficient (Wildman–Crippen LogP) is 4.40. The van der Waals surface area contributed by atoms with Gasteiger partial charge in [-0.2, -0.15) is 4.98 Å². The Balaban J connectivity index is 1.16. The number of likely N-dealkylation sites (N-methyl/N-ethyl adjacent to an activating group) is 1. The molecule has 0 spiro atoms. The van der Waals surface area contributed by atoms with Crippen LogP contribution in [0.2, 0.25) is 0 Å². The third-order valence-electron chi connectivity index (χ3n) is 6.42. The van der Waals surface area contributed by atoms with Gasteiger partial charge in [-0.05, 0) is 54.1 Å². The van der Waals surface area contributed by atoms with Gasteiger partial charge < -0.3 is 25.3 Å². The van der Waals surface area contributed by atoms with Crippen molar-refractivity contribution in [3.05, 3.63) is 66.2 Å². The molecule has 2 aromatic heterocycles. The zero-order valence-electron chi connectivity index (χ0n) is 20.6. The Morgan fingerprint density at radius 3 is 2.46 bits per heavy atom. The number of aromatic amines is 1. The average molecular weight is 505 g/mol. The number of nitrogens with one attached hydrogen (secondary N) is 3. The summed E-state index contributed by atoms with van der Waals surface area (Å²) in [5.41, 5.74) is 3.76. The van der Waals surface area contributed by atoms with Crippen LogP contribution in [0.4, 0.5) is 20.6 Å². The standard InChI is InChI=1S/C26H29FN8O2/c1-2-34-9-11-35(12-10-34)15-18-3-4-21(13-19(18)14-27)33-26(36)32-20-5-7-22(8-6-20)37-25-23-24(29-16-28-23)30-17-31-25/h3-8,13,16-17H,2,9-12,14-15H2,1H3,(H2,32,33,36)(H,28,29,30,31). The van der Waals surface area contributed by atoms with Crippen LogP contribution >= 0.6 is 0 Å². The van der Waals surface area contributed by atoms with Crippen LogP contribution in [0.15, 0.2) is 55.1 Å². The molecule has 0 bridgehead atoms. The number of rotatable bonds is 8. The van der Waals surface area contributed by atoms with Crippen molar-refractivity contribution >= 4 is 28.6 Å². The average Bonchev–Trinajstić information content (AvgIpc) is 3.41. The summed E-state index contributed by atoms with van der Waals surface area (Å²) in [6, 6.07) is 11.8. The van der Waals surface area contributed by atoms with E-state index in [2.05, 4.69) is 47.3 Å². The maximum Gasteiger partial charge on any atom is 0.323 e. The molecule has 1 saturated heterocycles. The Morgan fingerprint density at radius 1 is 0.973 bits per heavy atom. The zero-order chi connectivity index (χ0) is 25.6. The van der Waals surface area contributed by atoms with Crippen LogP contribution in [-0.4, -0.2) is 68.5 Å². The molecular weight excluding hydrogens is 475 g/mol. The maximum atomic E-state index is 13.8. The molecule has 37 heavy (non-hydrogen) atoms. The minimum Gasteiger partial charge on any atom is -0.437 e. The minimum absolute atomic E-state index is 0.333. The van der Waals surface area contributed by atoms with Crippen LogP contribution in [0.25, 0.3) is 11.2 Å². The first-order chi connectivity index (χ1) is 18.1. The molecule has 0 radical (unpaired) electrons. The van der Waals surface area contributed by atoms with Gasteiger partial charge in [-0.1, -0.05) is 13.0 Å². The number of carbonyl (C=O) groups is 1. The number of nitrogens with zero attached hydrogens (tertiary/aromatic N) is 5. The highest BCUT2D eigenvalue weighted by Crippen LogP contribution is 2.26. The molecule has 192 valence electrons. The van der Waals surface area contributed by atoms with Crippen LogP contribution in [0.5, 0.6) is 11.6 Å². The van der Waals surface area contributed by atoms with Gasteiger partial charge in [0.1, 0.15) is 18.8 Å². The molecule has 3 heterocycles. The fraction of sp³-hybridized carbons (Fsp3) is 0.308. The Morgan fingerprint density at radius 2 is 1.70 bits per heavy atom. The van der Waals surface area contributed by atoms with Crippen molar-refractivity contribution in [1.29, 1.82) is 0 Å². The number of H-pyrrole nitrogens is 1. The number of urea groups is 1. The molecule has 5 rings (SSSR count). The van der Waals surface area contributed by atoms with Crippen LogP contribution in [-0.2, 0) is 13.2 Å². The summed E-state index contributed by atoms with van der Waals surface area (Å²) in [6.45, 7) is 7.35. The predicted molar refractivity (Wildman–Crippen MR) is 139 cm³/mol. The van der Waals surface area contributed by atoms with E-state index in [0.717, 1.165) is 38.3 Å². The highest BCUT2D eigenvalue weighted by atomic mass is 19.1. The number of halogens is 1. The lowest BCUT2D eigenvalue weighted by atomic mass is 10.1. The molecule has 0 saturated carbocycles. The summed E-state index contributed by atoms with van der Waals surface area (Å²) in [4.78, 5) is 32.6. The summed E-state index contributed by atoms with van der Waals surface area (Å²) >= 11 is 0. The number of ether oxygens (including phenoxy) is 1. The van der Waals surface area contributed by atoms with Crippen LogP contribution in [0.1, 0.15) is 18.1 Å². The number of fused-ring (bicyclic) bond motifs is 1. The van der Waals surface area contributed by atoms with Gasteiger partial charge in [0, 0.05) is 44.1 Å². The highest BCUT2D eigenvalue weighted by Gasteiger charge is 2.17. The number of piperazine rings is 1. The van der Waals surface area contributed by atoms with Crippen LogP contribution < -0.4 is 15.4 Å². The Bertz CT molecular complexity index is 1350. The molecule has 3 N–H and O–H groups in total. The number of aromatic nitrogens is 4. The quantitative estimate of drug-likeness (QED) is 0.326. The zero-order valence-corrected chi connectivity index (χ0v) is 20.6. The van der Waals surface area contributed by atoms with Gasteiger partial charge >= 0.3 is 6.03 Å². The van der Waals surface area contributed by atoms with Gasteiger partial charge in [-0.15, -0.1) is 0 Å². The largest absolute Gasteiger partial charge is 0.437 e. The van der Waals surface area contributed by atoms with Crippen molar-refractivity contribution in [1.82, 2.24) is 29.7 Å². The number of benzene rings is 2. The molecule has 1 fully saturated rings. The van der Waals surface area contributed by atoms with E-state index in [9.17, 15) is 9.18 Å². The molecule has 2 amide bonds. The SMILES string of the molecule is CCN1CCN(Cc2ccc(NC(=O)Nc3ccc(Oc4ncnc5[nH]cnc45)cc3)cc2CF)CC1. The monoisotopic (exact) mass is 504 g/mol. The second-order valence-corrected chi connectivity index (χ2v) is 8.81. The summed E-state index contributed by atoms with van der Waals surface area (Å²) in [6.07, 6.45) is 2.92. The van der Waals surface area contributed by atoms with E-state index in [1.54, 1.807) is 30.3 Å². The van der Waals surface area contributed by atoms with E-state index in [1.165, 1.54) is 12.7 Å². The van der Waals surface area contributed by atoms with E-state index in [-0.39, 0.29) is 0 Å². The number of hydrogen-bond acceptors (Lipinski definition) is 7. The van der Waals surface area contributed by atoms with Crippen LogP contribution in [0, 0.1) is 0 Å². The smallest absolute Gasteiger partial charge is 0.323 e. The summed E-state index contributed by atoms with van der Waals surface area (Å²) in [5.74, 6) is 0.869. The molecule has 10 nitrogen and oxygen atoms in total. The summed E-state index contributed by atoms with van der Waals surface area (Å²) < 4.78 is 19.6. The number of hydrogen-bond donors (Lipinski definition) is 3. The van der Waals surface area contributed by atoms with Crippen molar-refractivity contribution < 1.29 is 13.9 Å². The van der Waals surface area contributed by atoms with Crippen molar-refractivity contribution in [2.45, 2.75) is 20.1 Å². The van der Waals surface area contributed by atoms with Gasteiger partial charge in [0.15, 0.2) is 11.2 Å². The van der Waals surface area contributed by atoms with Gasteiger partial charge in [0.25, 0.3) is 5.88 Å². The first kappa shape index (κ1) is 24.6. The van der Waals surface area contributed by atoms with Gasteiger partial charge in [-0.25, -0.2) is 19.2 Å². The van der Waals surface area contributed by atoms with Crippen molar-refractivity contribution in [3.63, 3.8) is 0 Å². The van der Waals surface area contributed by atoms with Gasteiger partial charge in [0.05, 0.1) is 6.33 Å². The second kappa shape index (κ2) is 11.3. The molecule has 0 unspecified atom stereocenters. The van der Waals surface area contributed by atoms with Gasteiger partial charge in [0.2, 0.25) is 0 Å². The number of anilines is 2. The van der Waals surface area contributed by atoms with E-state index < -0.39 is 12.7 Å². The fourth-order valence-corrected chi connectivity index (χ4v) is 4.32. The maximum absolute atomic E-state index is 13.8. The van der Waals surface area contributed by atoms with E-state index in [1.807, 2.05) is 12.1 Å². The first-order valence-corrected chi connectivity index (χ1v) is 12.2. The summed E-state index contributed by atoms with van der Waals surface area (Å²) in [7, 11) is 0. The third-order valence-corrected chi connectivity index (χ3v) is 6.42. The number of amides is 2. The van der Waals surface area contributed by atoms with Crippen molar-refractivity contribution in [3.8, 4) is 11.6 Å². The van der Waals surface area contributed by atoms with E-state index in [0.29, 0.717) is 46.3 Å². The van der Waals surface area contributed by atoms with Crippen molar-refractivity contribution in [2.24, 2.45) is 0 Å². The molecule has 1 aliphatic rings. The molecule has 1 aliphatic heterocycles. The van der Waals surface area contributed by atoms with E-state index >= 15 is 0 Å². The Labute approximate surface area is 213 Å². The number of imidazole rings is 1. The lowest BCUT2D eigenvalue weighted by Gasteiger charge is -2.34. The molecule has 2 aromatic carbocycles. The number of alkyl halides is 1. The highest BCUT2D eigenvalue weighted by molar-refractivity contribution is 5.99. The summed E-state index contributed by atoms with van der Waals surface area (Å²) in [5, 5.41) is 5.56. The van der Waals surface area contributed by atoms with Gasteiger partial charge in [-0.3, -0.25) is 4.90 Å². The van der Waals surface area contributed by atoms with E-state index in [4.69, 9.17) is 4.74 Å². The molecular formula is C26H29FN8O2. The minimum atomic E-state index is -0.584. The molecule has 11 heteroatoms. The number of carbonyl (C=O) groups excluding carboxylic acids is 1. The second-order valence-electron chi connectivity index (χ2n) is 8.81. The third kappa shape index (κ3) is 6.01. The molecule has 0 aliphatic carbocycles. The Kier molecular flexibility index (Phi) is 7.52. The van der Waals surface area contributed by atoms with Crippen LogP contribution in [0.3, 0.4) is 0 Å². The van der Waals surface area contributed by atoms with Crippen molar-refractivity contribution in [2.75, 3.05) is 43.4 Å². The lowest BCUT2D eigenvalue weighted by molar-refractivity contribution is 0.131. The Hall–Kier alpha value is -4.09. The normalized spacial score (nSPS) is 14.5. The molecule has 0 atom stereocenters. The topological polar surface area (TPSA) is 111 Å².